The van der Waals surface area contributed by atoms with Crippen LogP contribution < -0.4 is 5.32 Å². The highest BCUT2D eigenvalue weighted by molar-refractivity contribution is 5.74. The monoisotopic (exact) mass is 274 g/mol. The van der Waals surface area contributed by atoms with Gasteiger partial charge in [0, 0.05) is 20.0 Å². The molecule has 0 bridgehead atoms. The Bertz CT molecular complexity index is 284. The van der Waals surface area contributed by atoms with E-state index in [9.17, 15) is 9.59 Å². The van der Waals surface area contributed by atoms with Gasteiger partial charge in [-0.05, 0) is 25.7 Å². The summed E-state index contributed by atoms with van der Waals surface area (Å²) in [7, 11) is 1.64. The molecule has 2 unspecified atom stereocenters. The largest absolute Gasteiger partial charge is 0.481 e. The first-order chi connectivity index (χ1) is 8.92. The fourth-order valence-electron chi connectivity index (χ4n) is 1.71. The Labute approximate surface area is 114 Å². The second-order valence-electron chi connectivity index (χ2n) is 4.87. The number of aliphatic hydroxyl groups excluding tert-OH is 1. The van der Waals surface area contributed by atoms with Crippen LogP contribution in [-0.4, -0.2) is 53.4 Å². The molecule has 0 spiro atoms. The lowest BCUT2D eigenvalue weighted by molar-refractivity contribution is -0.137. The minimum absolute atomic E-state index is 0.0693. The second kappa shape index (κ2) is 9.61. The Balaban J connectivity index is 3.92. The first-order valence-corrected chi connectivity index (χ1v) is 6.75. The van der Waals surface area contributed by atoms with Gasteiger partial charge in [0.15, 0.2) is 0 Å². The highest BCUT2D eigenvalue weighted by Gasteiger charge is 2.15. The number of carbonyl (C=O) groups is 2. The average Bonchev–Trinajstić information content (AvgIpc) is 2.40. The molecule has 19 heavy (non-hydrogen) atoms. The summed E-state index contributed by atoms with van der Waals surface area (Å²) < 4.78 is 0. The first kappa shape index (κ1) is 17.7. The van der Waals surface area contributed by atoms with Crippen LogP contribution in [0, 0.1) is 5.92 Å². The summed E-state index contributed by atoms with van der Waals surface area (Å²) in [5, 5.41) is 20.4. The molecular formula is C13H26N2O4. The fourth-order valence-corrected chi connectivity index (χ4v) is 1.71. The molecule has 0 aromatic carbocycles. The normalized spacial score (nSPS) is 13.7. The molecule has 0 aromatic rings. The molecule has 2 atom stereocenters. The number of amides is 2. The summed E-state index contributed by atoms with van der Waals surface area (Å²) in [5.74, 6) is -0.462. The summed E-state index contributed by atoms with van der Waals surface area (Å²) >= 11 is 0. The van der Waals surface area contributed by atoms with E-state index in [-0.39, 0.29) is 25.1 Å². The van der Waals surface area contributed by atoms with Gasteiger partial charge < -0.3 is 20.4 Å². The van der Waals surface area contributed by atoms with Gasteiger partial charge in [-0.2, -0.15) is 0 Å². The van der Waals surface area contributed by atoms with Crippen molar-refractivity contribution in [3.8, 4) is 0 Å². The predicted molar refractivity (Wildman–Crippen MR) is 73.0 cm³/mol. The number of carboxylic acid groups (broad SMARTS) is 1. The van der Waals surface area contributed by atoms with Gasteiger partial charge in [-0.1, -0.05) is 13.3 Å². The third-order valence-corrected chi connectivity index (χ3v) is 3.42. The molecule has 0 heterocycles. The molecule has 0 saturated carbocycles. The van der Waals surface area contributed by atoms with Crippen molar-refractivity contribution in [3.05, 3.63) is 0 Å². The van der Waals surface area contributed by atoms with E-state index in [0.717, 1.165) is 12.8 Å². The van der Waals surface area contributed by atoms with Crippen LogP contribution in [-0.2, 0) is 4.79 Å². The molecule has 6 heteroatoms. The number of likely N-dealkylation sites (N-methyl/N-ethyl adjacent to an activating group) is 1. The lowest BCUT2D eigenvalue weighted by Gasteiger charge is -2.24. The number of aliphatic carboxylic acids is 1. The number of urea groups is 1. The zero-order valence-corrected chi connectivity index (χ0v) is 12.1. The van der Waals surface area contributed by atoms with E-state index < -0.39 is 5.97 Å². The lowest BCUT2D eigenvalue weighted by atomic mass is 9.97. The van der Waals surface area contributed by atoms with Gasteiger partial charge in [0.25, 0.3) is 0 Å². The summed E-state index contributed by atoms with van der Waals surface area (Å²) in [6, 6.07) is -0.427. The summed E-state index contributed by atoms with van der Waals surface area (Å²) in [4.78, 5) is 23.6. The standard InChI is InChI=1S/C13H26N2O4/c1-4-11(5-6-12(17)18)7-8-14-13(19)15(3)10(2)9-16/h10-11,16H,4-9H2,1-3H3,(H,14,19)(H,17,18). The van der Waals surface area contributed by atoms with Crippen LogP contribution in [0.4, 0.5) is 4.79 Å². The second-order valence-corrected chi connectivity index (χ2v) is 4.87. The number of carboxylic acids is 1. The van der Waals surface area contributed by atoms with Crippen LogP contribution in [0.3, 0.4) is 0 Å². The van der Waals surface area contributed by atoms with Gasteiger partial charge in [-0.25, -0.2) is 4.79 Å². The van der Waals surface area contributed by atoms with Crippen LogP contribution in [0.25, 0.3) is 0 Å². The van der Waals surface area contributed by atoms with Crippen molar-refractivity contribution in [1.82, 2.24) is 10.2 Å². The third-order valence-electron chi connectivity index (χ3n) is 3.42. The fraction of sp³-hybridized carbons (Fsp3) is 0.846. The molecule has 0 radical (unpaired) electrons. The number of carbonyl (C=O) groups excluding carboxylic acids is 1. The average molecular weight is 274 g/mol. The molecule has 3 N–H and O–H groups in total. The van der Waals surface area contributed by atoms with Crippen molar-refractivity contribution >= 4 is 12.0 Å². The van der Waals surface area contributed by atoms with Crippen molar-refractivity contribution in [3.63, 3.8) is 0 Å². The van der Waals surface area contributed by atoms with Gasteiger partial charge in [0.1, 0.15) is 0 Å². The van der Waals surface area contributed by atoms with Crippen molar-refractivity contribution in [2.75, 3.05) is 20.2 Å². The van der Waals surface area contributed by atoms with Crippen LogP contribution in [0.1, 0.15) is 39.5 Å². The minimum Gasteiger partial charge on any atom is -0.481 e. The molecule has 0 aliphatic carbocycles. The number of nitrogens with one attached hydrogen (secondary N) is 1. The number of hydrogen-bond donors (Lipinski definition) is 3. The summed E-state index contributed by atoms with van der Waals surface area (Å²) in [6.45, 7) is 4.25. The van der Waals surface area contributed by atoms with E-state index >= 15 is 0 Å². The van der Waals surface area contributed by atoms with Crippen molar-refractivity contribution in [2.24, 2.45) is 5.92 Å². The number of aliphatic hydroxyl groups is 1. The van der Waals surface area contributed by atoms with E-state index in [1.165, 1.54) is 4.90 Å². The Morgan fingerprint density at radius 1 is 1.32 bits per heavy atom. The molecule has 6 nitrogen and oxygen atoms in total. The molecule has 112 valence electrons. The van der Waals surface area contributed by atoms with Gasteiger partial charge in [-0.15, -0.1) is 0 Å². The highest BCUT2D eigenvalue weighted by Crippen LogP contribution is 2.14. The molecule has 0 saturated heterocycles. The Morgan fingerprint density at radius 2 is 1.95 bits per heavy atom. The van der Waals surface area contributed by atoms with Crippen molar-refractivity contribution < 1.29 is 19.8 Å². The number of nitrogens with zero attached hydrogens (tertiary/aromatic N) is 1. The van der Waals surface area contributed by atoms with Crippen LogP contribution in [0.2, 0.25) is 0 Å². The minimum atomic E-state index is -0.779. The Kier molecular flexibility index (Phi) is 8.95. The van der Waals surface area contributed by atoms with Crippen LogP contribution >= 0.6 is 0 Å². The van der Waals surface area contributed by atoms with E-state index in [4.69, 9.17) is 10.2 Å². The molecule has 0 aromatic heterocycles. The summed E-state index contributed by atoms with van der Waals surface area (Å²) in [5.41, 5.74) is 0. The van der Waals surface area contributed by atoms with Gasteiger partial charge in [-0.3, -0.25) is 4.79 Å². The molecular weight excluding hydrogens is 248 g/mol. The Hall–Kier alpha value is -1.30. The number of rotatable bonds is 9. The number of hydrogen-bond acceptors (Lipinski definition) is 3. The SMILES string of the molecule is CCC(CCNC(=O)N(C)C(C)CO)CCC(=O)O. The zero-order valence-electron chi connectivity index (χ0n) is 12.1. The van der Waals surface area contributed by atoms with Crippen molar-refractivity contribution in [1.29, 1.82) is 0 Å². The molecule has 0 aliphatic rings. The third kappa shape index (κ3) is 7.66. The van der Waals surface area contributed by atoms with Gasteiger partial charge in [0.05, 0.1) is 12.6 Å². The maximum atomic E-state index is 11.7. The Morgan fingerprint density at radius 3 is 2.42 bits per heavy atom. The molecule has 0 aliphatic heterocycles. The van der Waals surface area contributed by atoms with E-state index in [1.807, 2.05) is 6.92 Å². The van der Waals surface area contributed by atoms with E-state index in [2.05, 4.69) is 5.32 Å². The van der Waals surface area contributed by atoms with E-state index in [1.54, 1.807) is 14.0 Å². The van der Waals surface area contributed by atoms with Crippen molar-refractivity contribution in [2.45, 2.75) is 45.6 Å². The smallest absolute Gasteiger partial charge is 0.317 e. The lowest BCUT2D eigenvalue weighted by Crippen LogP contribution is -2.44. The highest BCUT2D eigenvalue weighted by atomic mass is 16.4. The van der Waals surface area contributed by atoms with E-state index in [0.29, 0.717) is 18.9 Å². The van der Waals surface area contributed by atoms with Gasteiger partial charge >= 0.3 is 12.0 Å². The van der Waals surface area contributed by atoms with Crippen LogP contribution in [0.15, 0.2) is 0 Å². The predicted octanol–water partition coefficient (Wildman–Crippen LogP) is 1.29. The molecule has 0 fully saturated rings. The topological polar surface area (TPSA) is 89.9 Å². The maximum absolute atomic E-state index is 11.7. The first-order valence-electron chi connectivity index (χ1n) is 6.75. The maximum Gasteiger partial charge on any atom is 0.317 e. The molecule has 0 rings (SSSR count). The van der Waals surface area contributed by atoms with Crippen LogP contribution in [0.5, 0.6) is 0 Å². The summed E-state index contributed by atoms with van der Waals surface area (Å²) in [6.07, 6.45) is 2.50. The van der Waals surface area contributed by atoms with Gasteiger partial charge in [0.2, 0.25) is 0 Å². The molecule has 2 amide bonds. The quantitative estimate of drug-likeness (QED) is 0.591. The zero-order chi connectivity index (χ0) is 14.8.